The van der Waals surface area contributed by atoms with Crippen LogP contribution in [0.3, 0.4) is 0 Å². The SMILES string of the molecule is COC(=O)C(F)=C[C@@H](C)[C@@H](C)O[Si](c1ccccc1)(c1ccccc1)C(C)(C)C. The van der Waals surface area contributed by atoms with Crippen LogP contribution in [0.1, 0.15) is 34.6 Å². The van der Waals surface area contributed by atoms with Gasteiger partial charge in [0.15, 0.2) is 0 Å². The predicted molar refractivity (Wildman–Crippen MR) is 119 cm³/mol. The van der Waals surface area contributed by atoms with Gasteiger partial charge in [0.2, 0.25) is 5.83 Å². The Hall–Kier alpha value is -2.24. The second kappa shape index (κ2) is 9.50. The van der Waals surface area contributed by atoms with Gasteiger partial charge in [-0.3, -0.25) is 0 Å². The largest absolute Gasteiger partial charge is 0.464 e. The normalized spacial score (nSPS) is 14.9. The number of esters is 1. The topological polar surface area (TPSA) is 35.5 Å². The minimum atomic E-state index is -2.73. The Bertz CT molecular complexity index is 789. The van der Waals surface area contributed by atoms with E-state index in [4.69, 9.17) is 4.43 Å². The number of benzene rings is 2. The second-order valence-electron chi connectivity index (χ2n) is 8.35. The van der Waals surface area contributed by atoms with Crippen LogP contribution in [0.2, 0.25) is 5.04 Å². The Morgan fingerprint density at radius 3 is 1.79 bits per heavy atom. The lowest BCUT2D eigenvalue weighted by atomic mass is 10.1. The molecule has 0 saturated heterocycles. The van der Waals surface area contributed by atoms with Crippen LogP contribution in [-0.2, 0) is 14.0 Å². The number of rotatable bonds is 7. The zero-order valence-corrected chi connectivity index (χ0v) is 19.1. The third-order valence-corrected chi connectivity index (χ3v) is 10.4. The third kappa shape index (κ3) is 5.03. The minimum Gasteiger partial charge on any atom is -0.464 e. The molecule has 0 radical (unpaired) electrons. The van der Waals surface area contributed by atoms with Gasteiger partial charge < -0.3 is 9.16 Å². The van der Waals surface area contributed by atoms with Crippen LogP contribution >= 0.6 is 0 Å². The molecule has 2 aromatic carbocycles. The highest BCUT2D eigenvalue weighted by molar-refractivity contribution is 6.99. The fourth-order valence-electron chi connectivity index (χ4n) is 3.61. The first-order chi connectivity index (χ1) is 13.6. The van der Waals surface area contributed by atoms with Crippen molar-refractivity contribution in [2.24, 2.45) is 5.92 Å². The molecule has 0 aliphatic rings. The molecule has 0 aromatic heterocycles. The van der Waals surface area contributed by atoms with Crippen LogP contribution in [0, 0.1) is 5.92 Å². The summed E-state index contributed by atoms with van der Waals surface area (Å²) in [5.41, 5.74) is 0. The van der Waals surface area contributed by atoms with E-state index in [-0.39, 0.29) is 17.1 Å². The summed E-state index contributed by atoms with van der Waals surface area (Å²) in [6.45, 7) is 10.4. The lowest BCUT2D eigenvalue weighted by Crippen LogP contribution is -2.67. The van der Waals surface area contributed by atoms with E-state index in [1.807, 2.05) is 50.2 Å². The Labute approximate surface area is 174 Å². The highest BCUT2D eigenvalue weighted by atomic mass is 28.4. The molecule has 0 saturated carbocycles. The molecule has 0 amide bonds. The van der Waals surface area contributed by atoms with Gasteiger partial charge in [0.25, 0.3) is 8.32 Å². The molecule has 2 atom stereocenters. The molecule has 2 rings (SSSR count). The van der Waals surface area contributed by atoms with Crippen LogP contribution < -0.4 is 10.4 Å². The van der Waals surface area contributed by atoms with Crippen molar-refractivity contribution in [3.05, 3.63) is 72.6 Å². The average Bonchev–Trinajstić information content (AvgIpc) is 2.71. The van der Waals surface area contributed by atoms with Crippen LogP contribution in [0.25, 0.3) is 0 Å². The first-order valence-electron chi connectivity index (χ1n) is 9.88. The van der Waals surface area contributed by atoms with Crippen LogP contribution in [0.4, 0.5) is 4.39 Å². The van der Waals surface area contributed by atoms with E-state index in [1.165, 1.54) is 13.2 Å². The number of ether oxygens (including phenoxy) is 1. The number of halogens is 1. The molecular formula is C24H31FO3Si. The van der Waals surface area contributed by atoms with E-state index in [0.717, 1.165) is 10.4 Å². The summed E-state index contributed by atoms with van der Waals surface area (Å²) in [5.74, 6) is -2.16. The summed E-state index contributed by atoms with van der Waals surface area (Å²) in [4.78, 5) is 11.5. The van der Waals surface area contributed by atoms with Crippen molar-refractivity contribution in [3.8, 4) is 0 Å². The fourth-order valence-corrected chi connectivity index (χ4v) is 8.40. The highest BCUT2D eigenvalue weighted by Gasteiger charge is 2.51. The molecule has 0 aliphatic heterocycles. The van der Waals surface area contributed by atoms with Crippen LogP contribution in [0.15, 0.2) is 72.6 Å². The molecular weight excluding hydrogens is 383 g/mol. The van der Waals surface area contributed by atoms with E-state index in [9.17, 15) is 9.18 Å². The van der Waals surface area contributed by atoms with Gasteiger partial charge in [-0.25, -0.2) is 4.79 Å². The van der Waals surface area contributed by atoms with E-state index >= 15 is 0 Å². The monoisotopic (exact) mass is 414 g/mol. The zero-order valence-electron chi connectivity index (χ0n) is 18.1. The predicted octanol–water partition coefficient (Wildman–Crippen LogP) is 4.61. The quantitative estimate of drug-likeness (QED) is 0.377. The zero-order chi connectivity index (χ0) is 21.7. The minimum absolute atomic E-state index is 0.172. The maximum atomic E-state index is 14.1. The van der Waals surface area contributed by atoms with Crippen LogP contribution in [0.5, 0.6) is 0 Å². The molecule has 29 heavy (non-hydrogen) atoms. The first kappa shape index (κ1) is 23.0. The van der Waals surface area contributed by atoms with Crippen molar-refractivity contribution < 1.29 is 18.3 Å². The standard InChI is InChI=1S/C24H31FO3Si/c1-18(17-22(25)23(26)27-6)19(2)28-29(24(3,4)5,20-13-9-7-10-14-20)21-15-11-8-12-16-21/h7-19H,1-6H3/t18-,19-/m1/s1. The Kier molecular flexibility index (Phi) is 7.55. The van der Waals surface area contributed by atoms with E-state index < -0.39 is 20.1 Å². The molecule has 0 heterocycles. The van der Waals surface area contributed by atoms with Crippen molar-refractivity contribution in [1.82, 2.24) is 0 Å². The lowest BCUT2D eigenvalue weighted by Gasteiger charge is -2.45. The molecule has 2 aromatic rings. The molecule has 5 heteroatoms. The Balaban J connectivity index is 2.55. The van der Waals surface area contributed by atoms with Gasteiger partial charge in [-0.05, 0) is 28.4 Å². The van der Waals surface area contributed by atoms with E-state index in [1.54, 1.807) is 0 Å². The number of carbonyl (C=O) groups is 1. The van der Waals surface area contributed by atoms with Crippen LogP contribution in [-0.4, -0.2) is 27.5 Å². The first-order valence-corrected chi connectivity index (χ1v) is 11.8. The van der Waals surface area contributed by atoms with Gasteiger partial charge in [0, 0.05) is 12.0 Å². The van der Waals surface area contributed by atoms with Gasteiger partial charge in [-0.2, -0.15) is 4.39 Å². The van der Waals surface area contributed by atoms with Crippen molar-refractivity contribution in [1.29, 1.82) is 0 Å². The van der Waals surface area contributed by atoms with Crippen molar-refractivity contribution in [3.63, 3.8) is 0 Å². The maximum Gasteiger partial charge on any atom is 0.366 e. The highest BCUT2D eigenvalue weighted by Crippen LogP contribution is 2.38. The van der Waals surface area contributed by atoms with Gasteiger partial charge in [0.1, 0.15) is 0 Å². The van der Waals surface area contributed by atoms with E-state index in [0.29, 0.717) is 0 Å². The maximum absolute atomic E-state index is 14.1. The van der Waals surface area contributed by atoms with Gasteiger partial charge in [-0.15, -0.1) is 0 Å². The Morgan fingerprint density at radius 1 is 0.966 bits per heavy atom. The Morgan fingerprint density at radius 2 is 1.41 bits per heavy atom. The molecule has 0 N–H and O–H groups in total. The van der Waals surface area contributed by atoms with Gasteiger partial charge in [0.05, 0.1) is 7.11 Å². The fraction of sp³-hybridized carbons (Fsp3) is 0.375. The summed E-state index contributed by atoms with van der Waals surface area (Å²) in [7, 11) is -1.56. The third-order valence-electron chi connectivity index (χ3n) is 5.31. The summed E-state index contributed by atoms with van der Waals surface area (Å²) in [6, 6.07) is 20.6. The molecule has 0 spiro atoms. The summed E-state index contributed by atoms with van der Waals surface area (Å²) in [6.07, 6.45) is 0.977. The molecule has 156 valence electrons. The van der Waals surface area contributed by atoms with Crippen molar-refractivity contribution >= 4 is 24.7 Å². The van der Waals surface area contributed by atoms with E-state index in [2.05, 4.69) is 49.8 Å². The molecule has 0 aliphatic carbocycles. The average molecular weight is 415 g/mol. The number of hydrogen-bond donors (Lipinski definition) is 0. The van der Waals surface area contributed by atoms with Crippen molar-refractivity contribution in [2.75, 3.05) is 7.11 Å². The summed E-state index contributed by atoms with van der Waals surface area (Å²) >= 11 is 0. The van der Waals surface area contributed by atoms with Gasteiger partial charge in [-0.1, -0.05) is 88.4 Å². The number of hydrogen-bond acceptors (Lipinski definition) is 3. The number of methoxy groups -OCH3 is 1. The lowest BCUT2D eigenvalue weighted by molar-refractivity contribution is -0.137. The smallest absolute Gasteiger partial charge is 0.366 e. The molecule has 3 nitrogen and oxygen atoms in total. The molecule has 0 bridgehead atoms. The van der Waals surface area contributed by atoms with Crippen molar-refractivity contribution in [2.45, 2.75) is 45.8 Å². The summed E-state index contributed by atoms with van der Waals surface area (Å²) < 4.78 is 25.5. The number of carbonyl (C=O) groups excluding carboxylic acids is 1. The molecule has 0 fully saturated rings. The van der Waals surface area contributed by atoms with Gasteiger partial charge >= 0.3 is 5.97 Å². The second-order valence-corrected chi connectivity index (χ2v) is 12.6. The molecule has 0 unspecified atom stereocenters. The summed E-state index contributed by atoms with van der Waals surface area (Å²) in [5, 5.41) is 2.15.